The first-order valence-electron chi connectivity index (χ1n) is 4.00. The van der Waals surface area contributed by atoms with Gasteiger partial charge in [-0.3, -0.25) is 0 Å². The minimum absolute atomic E-state index is 0.289. The van der Waals surface area contributed by atoms with Gasteiger partial charge in [-0.1, -0.05) is 0 Å². The van der Waals surface area contributed by atoms with Crippen LogP contribution in [0.5, 0.6) is 0 Å². The lowest BCUT2D eigenvalue weighted by Crippen LogP contribution is -2.40. The van der Waals surface area contributed by atoms with Crippen molar-refractivity contribution in [2.75, 3.05) is 31.1 Å². The number of hydrogen-bond donors (Lipinski definition) is 0. The Morgan fingerprint density at radius 1 is 1.33 bits per heavy atom. The van der Waals surface area contributed by atoms with E-state index in [1.807, 2.05) is 0 Å². The van der Waals surface area contributed by atoms with Gasteiger partial charge < -0.3 is 4.90 Å². The third-order valence-corrected chi connectivity index (χ3v) is 3.62. The standard InChI is InChI=1S/C8H13NO2S/c1-2-3-4-9-5-7-12(10,11)8-6-9/h1H,3-8H2. The second-order valence-electron chi connectivity index (χ2n) is 2.95. The predicted octanol–water partition coefficient (Wildman–Crippen LogP) is -0.260. The highest BCUT2D eigenvalue weighted by Gasteiger charge is 2.20. The molecule has 0 radical (unpaired) electrons. The highest BCUT2D eigenvalue weighted by molar-refractivity contribution is 7.91. The predicted molar refractivity (Wildman–Crippen MR) is 48.5 cm³/mol. The van der Waals surface area contributed by atoms with Crippen molar-refractivity contribution < 1.29 is 8.42 Å². The first kappa shape index (κ1) is 9.56. The van der Waals surface area contributed by atoms with Crippen LogP contribution in [0.1, 0.15) is 6.42 Å². The quantitative estimate of drug-likeness (QED) is 0.559. The van der Waals surface area contributed by atoms with Crippen LogP contribution < -0.4 is 0 Å². The van der Waals surface area contributed by atoms with Crippen molar-refractivity contribution in [3.8, 4) is 12.3 Å². The summed E-state index contributed by atoms with van der Waals surface area (Å²) in [5, 5.41) is 0. The summed E-state index contributed by atoms with van der Waals surface area (Å²) in [6, 6.07) is 0. The van der Waals surface area contributed by atoms with Crippen LogP contribution in [-0.2, 0) is 9.84 Å². The molecule has 0 spiro atoms. The summed E-state index contributed by atoms with van der Waals surface area (Å²) in [6.07, 6.45) is 5.81. The highest BCUT2D eigenvalue weighted by Crippen LogP contribution is 2.03. The average molecular weight is 187 g/mol. The SMILES string of the molecule is C#CCCN1CCS(=O)(=O)CC1. The number of terminal acetylenes is 1. The molecular weight excluding hydrogens is 174 g/mol. The molecule has 0 bridgehead atoms. The van der Waals surface area contributed by atoms with E-state index in [0.717, 1.165) is 6.54 Å². The minimum Gasteiger partial charge on any atom is -0.300 e. The van der Waals surface area contributed by atoms with E-state index in [2.05, 4.69) is 10.8 Å². The van der Waals surface area contributed by atoms with Gasteiger partial charge in [-0.25, -0.2) is 8.42 Å². The van der Waals surface area contributed by atoms with Crippen LogP contribution in [0.4, 0.5) is 0 Å². The second kappa shape index (κ2) is 3.92. The first-order valence-corrected chi connectivity index (χ1v) is 5.82. The van der Waals surface area contributed by atoms with Crippen LogP contribution in [0.15, 0.2) is 0 Å². The number of sulfone groups is 1. The molecule has 0 aromatic carbocycles. The third kappa shape index (κ3) is 2.84. The van der Waals surface area contributed by atoms with E-state index in [9.17, 15) is 8.42 Å². The molecule has 68 valence electrons. The van der Waals surface area contributed by atoms with E-state index in [0.29, 0.717) is 19.5 Å². The van der Waals surface area contributed by atoms with Crippen molar-refractivity contribution in [2.45, 2.75) is 6.42 Å². The number of hydrogen-bond acceptors (Lipinski definition) is 3. The van der Waals surface area contributed by atoms with E-state index < -0.39 is 9.84 Å². The molecule has 0 aromatic heterocycles. The van der Waals surface area contributed by atoms with E-state index in [1.54, 1.807) is 0 Å². The lowest BCUT2D eigenvalue weighted by Gasteiger charge is -2.25. The largest absolute Gasteiger partial charge is 0.300 e. The van der Waals surface area contributed by atoms with Crippen LogP contribution in [0, 0.1) is 12.3 Å². The molecule has 4 heteroatoms. The maximum atomic E-state index is 11.0. The van der Waals surface area contributed by atoms with Gasteiger partial charge in [0.15, 0.2) is 9.84 Å². The van der Waals surface area contributed by atoms with E-state index >= 15 is 0 Å². The number of nitrogens with zero attached hydrogens (tertiary/aromatic N) is 1. The van der Waals surface area contributed by atoms with Crippen LogP contribution in [0.3, 0.4) is 0 Å². The molecule has 0 unspecified atom stereocenters. The zero-order valence-corrected chi connectivity index (χ0v) is 7.81. The van der Waals surface area contributed by atoms with Crippen LogP contribution in [0.25, 0.3) is 0 Å². The molecule has 1 rings (SSSR count). The zero-order chi connectivity index (χ0) is 9.03. The summed E-state index contributed by atoms with van der Waals surface area (Å²) in [7, 11) is -2.73. The molecule has 0 saturated carbocycles. The monoisotopic (exact) mass is 187 g/mol. The van der Waals surface area contributed by atoms with Gasteiger partial charge in [0, 0.05) is 26.1 Å². The second-order valence-corrected chi connectivity index (χ2v) is 5.25. The molecule has 1 heterocycles. The molecule has 3 nitrogen and oxygen atoms in total. The van der Waals surface area contributed by atoms with Gasteiger partial charge in [-0.2, -0.15) is 0 Å². The van der Waals surface area contributed by atoms with Gasteiger partial charge in [0.1, 0.15) is 0 Å². The van der Waals surface area contributed by atoms with Crippen molar-refractivity contribution >= 4 is 9.84 Å². The fraction of sp³-hybridized carbons (Fsp3) is 0.750. The molecule has 0 aliphatic carbocycles. The molecule has 0 atom stereocenters. The van der Waals surface area contributed by atoms with E-state index in [-0.39, 0.29) is 11.5 Å². The Balaban J connectivity index is 2.32. The summed E-state index contributed by atoms with van der Waals surface area (Å²) in [4.78, 5) is 2.10. The van der Waals surface area contributed by atoms with Gasteiger partial charge in [0.2, 0.25) is 0 Å². The Bertz CT molecular complexity index is 262. The van der Waals surface area contributed by atoms with Crippen molar-refractivity contribution in [1.29, 1.82) is 0 Å². The zero-order valence-electron chi connectivity index (χ0n) is 6.99. The van der Waals surface area contributed by atoms with E-state index in [4.69, 9.17) is 6.42 Å². The van der Waals surface area contributed by atoms with Gasteiger partial charge in [0.05, 0.1) is 11.5 Å². The van der Waals surface area contributed by atoms with Crippen molar-refractivity contribution in [3.63, 3.8) is 0 Å². The lowest BCUT2D eigenvalue weighted by atomic mass is 10.4. The Morgan fingerprint density at radius 2 is 1.92 bits per heavy atom. The molecular formula is C8H13NO2S. The molecule has 0 amide bonds. The third-order valence-electron chi connectivity index (χ3n) is 2.01. The molecule has 1 saturated heterocycles. The first-order chi connectivity index (χ1) is 5.64. The summed E-state index contributed by atoms with van der Waals surface area (Å²) >= 11 is 0. The van der Waals surface area contributed by atoms with Crippen LogP contribution in [-0.4, -0.2) is 44.5 Å². The normalized spacial score (nSPS) is 23.2. The van der Waals surface area contributed by atoms with Gasteiger partial charge in [0.25, 0.3) is 0 Å². The molecule has 0 N–H and O–H groups in total. The summed E-state index contributed by atoms with van der Waals surface area (Å²) in [6.45, 7) is 2.11. The van der Waals surface area contributed by atoms with Crippen LogP contribution >= 0.6 is 0 Å². The van der Waals surface area contributed by atoms with Crippen LogP contribution in [0.2, 0.25) is 0 Å². The molecule has 1 fully saturated rings. The van der Waals surface area contributed by atoms with Crippen molar-refractivity contribution in [1.82, 2.24) is 4.90 Å². The van der Waals surface area contributed by atoms with Crippen molar-refractivity contribution in [3.05, 3.63) is 0 Å². The Labute approximate surface area is 73.7 Å². The summed E-state index contributed by atoms with van der Waals surface area (Å²) in [5.74, 6) is 3.12. The molecule has 1 aliphatic heterocycles. The summed E-state index contributed by atoms with van der Waals surface area (Å²) in [5.41, 5.74) is 0. The van der Waals surface area contributed by atoms with Crippen molar-refractivity contribution in [2.24, 2.45) is 0 Å². The smallest absolute Gasteiger partial charge is 0.152 e. The highest BCUT2D eigenvalue weighted by atomic mass is 32.2. The summed E-state index contributed by atoms with van der Waals surface area (Å²) < 4.78 is 22.0. The Morgan fingerprint density at radius 3 is 2.42 bits per heavy atom. The van der Waals surface area contributed by atoms with Gasteiger partial charge in [-0.15, -0.1) is 12.3 Å². The maximum absolute atomic E-state index is 11.0. The minimum atomic E-state index is -2.73. The van der Waals surface area contributed by atoms with Gasteiger partial charge in [-0.05, 0) is 0 Å². The maximum Gasteiger partial charge on any atom is 0.152 e. The topological polar surface area (TPSA) is 37.4 Å². The molecule has 1 aliphatic rings. The molecule has 0 aromatic rings. The fourth-order valence-electron chi connectivity index (χ4n) is 1.20. The average Bonchev–Trinajstić information content (AvgIpc) is 2.03. The van der Waals surface area contributed by atoms with Gasteiger partial charge >= 0.3 is 0 Å². The Hall–Kier alpha value is -0.530. The lowest BCUT2D eigenvalue weighted by molar-refractivity contribution is 0.303. The Kier molecular flexibility index (Phi) is 3.12. The molecule has 12 heavy (non-hydrogen) atoms. The van der Waals surface area contributed by atoms with E-state index in [1.165, 1.54) is 0 Å². The number of rotatable bonds is 2. The fourth-order valence-corrected chi connectivity index (χ4v) is 2.47.